The molecule has 1 amide bonds. The summed E-state index contributed by atoms with van der Waals surface area (Å²) in [5, 5.41) is 3.40. The molecule has 1 unspecified atom stereocenters. The van der Waals surface area contributed by atoms with Crippen LogP contribution in [-0.2, 0) is 4.79 Å². The van der Waals surface area contributed by atoms with Gasteiger partial charge in [0.25, 0.3) is 0 Å². The first-order valence-corrected chi connectivity index (χ1v) is 6.41. The number of carbonyl (C=O) groups excluding carboxylic acids is 1. The van der Waals surface area contributed by atoms with E-state index in [2.05, 4.69) is 37.9 Å². The Bertz CT molecular complexity index is 274. The van der Waals surface area contributed by atoms with Crippen LogP contribution in [0.4, 0.5) is 0 Å². The Kier molecular flexibility index (Phi) is 4.55. The lowest BCUT2D eigenvalue weighted by Gasteiger charge is -2.32. The van der Waals surface area contributed by atoms with Gasteiger partial charge in [-0.3, -0.25) is 4.79 Å². The van der Waals surface area contributed by atoms with Crippen LogP contribution in [0.3, 0.4) is 0 Å². The van der Waals surface area contributed by atoms with Crippen LogP contribution in [0.2, 0.25) is 0 Å². The summed E-state index contributed by atoms with van der Waals surface area (Å²) in [5.41, 5.74) is 0.140. The summed E-state index contributed by atoms with van der Waals surface area (Å²) in [6.45, 7) is 11.1. The minimum atomic E-state index is -0.0748. The van der Waals surface area contributed by atoms with E-state index in [4.69, 9.17) is 0 Å². The molecule has 0 aromatic carbocycles. The molecule has 0 spiro atoms. The highest BCUT2D eigenvalue weighted by Gasteiger charge is 2.35. The first kappa shape index (κ1) is 14.5. The number of nitrogens with one attached hydrogen (secondary N) is 1. The zero-order chi connectivity index (χ0) is 13.2. The van der Waals surface area contributed by atoms with Crippen LogP contribution < -0.4 is 5.32 Å². The maximum atomic E-state index is 12.4. The number of amides is 1. The Labute approximate surface area is 105 Å². The van der Waals surface area contributed by atoms with Crippen molar-refractivity contribution in [2.45, 2.75) is 39.8 Å². The van der Waals surface area contributed by atoms with Crippen molar-refractivity contribution in [2.24, 2.45) is 5.41 Å². The smallest absolute Gasteiger partial charge is 0.241 e. The molecule has 0 bridgehead atoms. The molecule has 4 heteroatoms. The molecule has 0 aromatic heterocycles. The lowest BCUT2D eigenvalue weighted by Crippen LogP contribution is -2.50. The molecule has 1 rings (SSSR count). The van der Waals surface area contributed by atoms with Gasteiger partial charge in [-0.15, -0.1) is 0 Å². The van der Waals surface area contributed by atoms with Gasteiger partial charge in [0, 0.05) is 25.7 Å². The Balaban J connectivity index is 2.85. The predicted molar refractivity (Wildman–Crippen MR) is 71.0 cm³/mol. The van der Waals surface area contributed by atoms with Gasteiger partial charge in [-0.2, -0.15) is 0 Å². The van der Waals surface area contributed by atoms with Crippen LogP contribution in [0, 0.1) is 5.41 Å². The standard InChI is InChI=1S/C13H27N3O/c1-10(2)16-9-13(3,4)8-14-11(12(16)17)7-15(5)6/h10-11,14H,7-9H2,1-6H3. The maximum Gasteiger partial charge on any atom is 0.241 e. The lowest BCUT2D eigenvalue weighted by atomic mass is 9.93. The lowest BCUT2D eigenvalue weighted by molar-refractivity contribution is -0.135. The summed E-state index contributed by atoms with van der Waals surface area (Å²) in [4.78, 5) is 16.5. The number of carbonyl (C=O) groups is 1. The van der Waals surface area contributed by atoms with Crippen LogP contribution in [0.15, 0.2) is 0 Å². The van der Waals surface area contributed by atoms with Gasteiger partial charge in [0.05, 0.1) is 6.04 Å². The number of nitrogens with zero attached hydrogens (tertiary/aromatic N) is 2. The molecule has 1 aliphatic heterocycles. The molecular weight excluding hydrogens is 214 g/mol. The van der Waals surface area contributed by atoms with Crippen molar-refractivity contribution in [2.75, 3.05) is 33.7 Å². The highest BCUT2D eigenvalue weighted by molar-refractivity contribution is 5.82. The van der Waals surface area contributed by atoms with E-state index in [1.54, 1.807) is 0 Å². The molecule has 1 saturated heterocycles. The monoisotopic (exact) mass is 241 g/mol. The first-order chi connectivity index (χ1) is 7.73. The Morgan fingerprint density at radius 3 is 2.53 bits per heavy atom. The summed E-state index contributed by atoms with van der Waals surface area (Å²) in [7, 11) is 4.01. The molecule has 1 fully saturated rings. The Hall–Kier alpha value is -0.610. The van der Waals surface area contributed by atoms with Crippen molar-refractivity contribution in [1.29, 1.82) is 0 Å². The number of rotatable bonds is 3. The fraction of sp³-hybridized carbons (Fsp3) is 0.923. The third-order valence-electron chi connectivity index (χ3n) is 3.18. The molecule has 100 valence electrons. The van der Waals surface area contributed by atoms with Gasteiger partial charge in [0.1, 0.15) is 0 Å². The number of hydrogen-bond donors (Lipinski definition) is 1. The minimum absolute atomic E-state index is 0.0748. The van der Waals surface area contributed by atoms with Gasteiger partial charge in [0.2, 0.25) is 5.91 Å². The van der Waals surface area contributed by atoms with Crippen LogP contribution >= 0.6 is 0 Å². The van der Waals surface area contributed by atoms with Gasteiger partial charge in [-0.25, -0.2) is 0 Å². The number of likely N-dealkylation sites (N-methyl/N-ethyl adjacent to an activating group) is 1. The highest BCUT2D eigenvalue weighted by atomic mass is 16.2. The fourth-order valence-electron chi connectivity index (χ4n) is 2.23. The molecular formula is C13H27N3O. The third-order valence-corrected chi connectivity index (χ3v) is 3.18. The SMILES string of the molecule is CC(C)N1CC(C)(C)CNC(CN(C)C)C1=O. The maximum absolute atomic E-state index is 12.4. The zero-order valence-electron chi connectivity index (χ0n) is 12.1. The highest BCUT2D eigenvalue weighted by Crippen LogP contribution is 2.21. The summed E-state index contributed by atoms with van der Waals surface area (Å²) in [5.74, 6) is 0.235. The minimum Gasteiger partial charge on any atom is -0.338 e. The normalized spacial score (nSPS) is 25.5. The van der Waals surface area contributed by atoms with E-state index in [-0.39, 0.29) is 23.4 Å². The second-order valence-electron chi connectivity index (χ2n) is 6.42. The third kappa shape index (κ3) is 3.96. The van der Waals surface area contributed by atoms with Crippen LogP contribution in [0.5, 0.6) is 0 Å². The van der Waals surface area contributed by atoms with E-state index in [0.29, 0.717) is 0 Å². The average Bonchev–Trinajstić information content (AvgIpc) is 2.28. The van der Waals surface area contributed by atoms with Gasteiger partial charge >= 0.3 is 0 Å². The van der Waals surface area contributed by atoms with E-state index < -0.39 is 0 Å². The zero-order valence-corrected chi connectivity index (χ0v) is 12.1. The Morgan fingerprint density at radius 2 is 2.06 bits per heavy atom. The molecule has 17 heavy (non-hydrogen) atoms. The van der Waals surface area contributed by atoms with E-state index in [9.17, 15) is 4.79 Å². The van der Waals surface area contributed by atoms with E-state index in [0.717, 1.165) is 19.6 Å². The molecule has 4 nitrogen and oxygen atoms in total. The molecule has 1 aliphatic rings. The molecule has 1 N–H and O–H groups in total. The van der Waals surface area contributed by atoms with Gasteiger partial charge < -0.3 is 15.1 Å². The van der Waals surface area contributed by atoms with E-state index in [1.165, 1.54) is 0 Å². The van der Waals surface area contributed by atoms with Crippen molar-refractivity contribution in [3.63, 3.8) is 0 Å². The molecule has 0 saturated carbocycles. The molecule has 0 aromatic rings. The second kappa shape index (κ2) is 5.36. The van der Waals surface area contributed by atoms with Crippen molar-refractivity contribution in [3.8, 4) is 0 Å². The molecule has 0 aliphatic carbocycles. The van der Waals surface area contributed by atoms with Crippen molar-refractivity contribution >= 4 is 5.91 Å². The van der Waals surface area contributed by atoms with E-state index in [1.807, 2.05) is 19.0 Å². The second-order valence-corrected chi connectivity index (χ2v) is 6.42. The largest absolute Gasteiger partial charge is 0.338 e. The summed E-state index contributed by atoms with van der Waals surface area (Å²) in [6, 6.07) is 0.195. The van der Waals surface area contributed by atoms with E-state index >= 15 is 0 Å². The Morgan fingerprint density at radius 1 is 1.47 bits per heavy atom. The molecule has 0 radical (unpaired) electrons. The topological polar surface area (TPSA) is 35.6 Å². The van der Waals surface area contributed by atoms with Gasteiger partial charge in [0.15, 0.2) is 0 Å². The molecule has 1 heterocycles. The quantitative estimate of drug-likeness (QED) is 0.793. The van der Waals surface area contributed by atoms with Crippen molar-refractivity contribution in [1.82, 2.24) is 15.1 Å². The molecule has 1 atom stereocenters. The predicted octanol–water partition coefficient (Wildman–Crippen LogP) is 0.783. The van der Waals surface area contributed by atoms with Crippen molar-refractivity contribution in [3.05, 3.63) is 0 Å². The summed E-state index contributed by atoms with van der Waals surface area (Å²) < 4.78 is 0. The van der Waals surface area contributed by atoms with Gasteiger partial charge in [-0.05, 0) is 33.4 Å². The summed E-state index contributed by atoms with van der Waals surface area (Å²) >= 11 is 0. The fourth-order valence-corrected chi connectivity index (χ4v) is 2.23. The number of hydrogen-bond acceptors (Lipinski definition) is 3. The van der Waals surface area contributed by atoms with Crippen LogP contribution in [0.25, 0.3) is 0 Å². The summed E-state index contributed by atoms with van der Waals surface area (Å²) in [6.07, 6.45) is 0. The van der Waals surface area contributed by atoms with Gasteiger partial charge in [-0.1, -0.05) is 13.8 Å². The van der Waals surface area contributed by atoms with Crippen molar-refractivity contribution < 1.29 is 4.79 Å². The average molecular weight is 241 g/mol. The van der Waals surface area contributed by atoms with Crippen LogP contribution in [0.1, 0.15) is 27.7 Å². The van der Waals surface area contributed by atoms with Crippen LogP contribution in [-0.4, -0.2) is 61.5 Å². The first-order valence-electron chi connectivity index (χ1n) is 6.41.